The minimum absolute atomic E-state index is 0.467. The molecule has 0 amide bonds. The molecular formula is C18H22N2O. The van der Waals surface area contributed by atoms with E-state index < -0.39 is 5.60 Å². The Hall–Kier alpha value is -1.45. The van der Waals surface area contributed by atoms with E-state index in [0.29, 0.717) is 12.1 Å². The summed E-state index contributed by atoms with van der Waals surface area (Å²) in [5.74, 6) is 0. The number of aryl methyl sites for hydroxylation is 1. The molecule has 0 saturated carbocycles. The molecule has 2 N–H and O–H groups in total. The fourth-order valence-electron chi connectivity index (χ4n) is 4.08. The average Bonchev–Trinajstić information content (AvgIpc) is 2.46. The van der Waals surface area contributed by atoms with Crippen LogP contribution in [-0.2, 0) is 5.60 Å². The maximum atomic E-state index is 11.2. The number of nitrogens with zero attached hydrogens (tertiary/aromatic N) is 1. The number of aromatic nitrogens is 1. The van der Waals surface area contributed by atoms with Gasteiger partial charge in [-0.1, -0.05) is 18.6 Å². The molecule has 2 bridgehead atoms. The van der Waals surface area contributed by atoms with Crippen molar-refractivity contribution in [2.45, 2.75) is 56.7 Å². The van der Waals surface area contributed by atoms with Crippen LogP contribution in [0.1, 0.15) is 43.4 Å². The SMILES string of the molecule is Cc1ccc2cc(C3(O)CC4CCCC(C3)N4)ccc2n1. The Labute approximate surface area is 125 Å². The molecule has 2 aliphatic heterocycles. The Balaban J connectivity index is 1.73. The number of hydrogen-bond acceptors (Lipinski definition) is 3. The van der Waals surface area contributed by atoms with Crippen LogP contribution in [0.15, 0.2) is 30.3 Å². The zero-order valence-corrected chi connectivity index (χ0v) is 12.5. The molecule has 3 nitrogen and oxygen atoms in total. The van der Waals surface area contributed by atoms with Gasteiger partial charge in [-0.3, -0.25) is 4.98 Å². The number of hydrogen-bond donors (Lipinski definition) is 2. The second-order valence-corrected chi connectivity index (χ2v) is 6.79. The third kappa shape index (κ3) is 2.34. The van der Waals surface area contributed by atoms with Gasteiger partial charge in [0.1, 0.15) is 0 Å². The van der Waals surface area contributed by atoms with E-state index in [9.17, 15) is 5.11 Å². The largest absolute Gasteiger partial charge is 0.385 e. The summed E-state index contributed by atoms with van der Waals surface area (Å²) in [4.78, 5) is 4.55. The standard InChI is InChI=1S/C18H22N2O/c1-12-5-6-13-9-14(7-8-17(13)19-12)18(21)10-15-3-2-4-16(11-18)20-15/h5-9,15-16,20-21H,2-4,10-11H2,1H3. The number of aliphatic hydroxyl groups is 1. The molecule has 2 saturated heterocycles. The molecule has 2 aromatic rings. The second-order valence-electron chi connectivity index (χ2n) is 6.79. The number of rotatable bonds is 1. The molecule has 4 rings (SSSR count). The zero-order valence-electron chi connectivity index (χ0n) is 12.5. The quantitative estimate of drug-likeness (QED) is 0.845. The monoisotopic (exact) mass is 282 g/mol. The normalized spacial score (nSPS) is 32.3. The Kier molecular flexibility index (Phi) is 3.02. The summed E-state index contributed by atoms with van der Waals surface area (Å²) in [5, 5.41) is 16.0. The van der Waals surface area contributed by atoms with Crippen LogP contribution in [-0.4, -0.2) is 22.2 Å². The highest BCUT2D eigenvalue weighted by Gasteiger charge is 2.41. The van der Waals surface area contributed by atoms with E-state index in [0.717, 1.165) is 35.0 Å². The van der Waals surface area contributed by atoms with Crippen LogP contribution in [0.2, 0.25) is 0 Å². The van der Waals surface area contributed by atoms with Crippen molar-refractivity contribution in [3.63, 3.8) is 0 Å². The van der Waals surface area contributed by atoms with Crippen molar-refractivity contribution in [2.24, 2.45) is 0 Å². The van der Waals surface area contributed by atoms with Gasteiger partial charge in [-0.15, -0.1) is 0 Å². The molecule has 3 heteroatoms. The number of benzene rings is 1. The van der Waals surface area contributed by atoms with E-state index in [1.165, 1.54) is 19.3 Å². The van der Waals surface area contributed by atoms with E-state index in [2.05, 4.69) is 28.5 Å². The predicted molar refractivity (Wildman–Crippen MR) is 84.2 cm³/mol. The highest BCUT2D eigenvalue weighted by Crippen LogP contribution is 2.40. The van der Waals surface area contributed by atoms with Crippen molar-refractivity contribution < 1.29 is 5.11 Å². The molecular weight excluding hydrogens is 260 g/mol. The summed E-state index contributed by atoms with van der Waals surface area (Å²) in [6.07, 6.45) is 5.32. The maximum absolute atomic E-state index is 11.2. The lowest BCUT2D eigenvalue weighted by molar-refractivity contribution is -0.0357. The lowest BCUT2D eigenvalue weighted by atomic mass is 9.74. The highest BCUT2D eigenvalue weighted by atomic mass is 16.3. The Bertz CT molecular complexity index is 670. The molecule has 1 aromatic heterocycles. The lowest BCUT2D eigenvalue weighted by Crippen LogP contribution is -2.54. The third-order valence-corrected chi connectivity index (χ3v) is 5.11. The van der Waals surface area contributed by atoms with Crippen molar-refractivity contribution in [3.8, 4) is 0 Å². The van der Waals surface area contributed by atoms with Gasteiger partial charge < -0.3 is 10.4 Å². The molecule has 110 valence electrons. The van der Waals surface area contributed by atoms with Gasteiger partial charge in [0.25, 0.3) is 0 Å². The summed E-state index contributed by atoms with van der Waals surface area (Å²) in [7, 11) is 0. The number of nitrogens with one attached hydrogen (secondary N) is 1. The van der Waals surface area contributed by atoms with Crippen LogP contribution in [0.4, 0.5) is 0 Å². The third-order valence-electron chi connectivity index (χ3n) is 5.11. The molecule has 2 atom stereocenters. The first-order chi connectivity index (χ1) is 10.1. The average molecular weight is 282 g/mol. The van der Waals surface area contributed by atoms with Crippen molar-refractivity contribution in [1.29, 1.82) is 0 Å². The molecule has 2 fully saturated rings. The molecule has 21 heavy (non-hydrogen) atoms. The maximum Gasteiger partial charge on any atom is 0.0926 e. The van der Waals surface area contributed by atoms with Crippen LogP contribution in [0.5, 0.6) is 0 Å². The van der Waals surface area contributed by atoms with Gasteiger partial charge in [-0.25, -0.2) is 0 Å². The van der Waals surface area contributed by atoms with E-state index in [-0.39, 0.29) is 0 Å². The van der Waals surface area contributed by atoms with E-state index in [1.54, 1.807) is 0 Å². The molecule has 1 aromatic carbocycles. The molecule has 2 unspecified atom stereocenters. The van der Waals surface area contributed by atoms with Gasteiger partial charge in [0, 0.05) is 23.2 Å². The topological polar surface area (TPSA) is 45.1 Å². The van der Waals surface area contributed by atoms with Crippen LogP contribution < -0.4 is 5.32 Å². The summed E-state index contributed by atoms with van der Waals surface area (Å²) in [5.41, 5.74) is 2.42. The van der Waals surface area contributed by atoms with Crippen molar-refractivity contribution in [3.05, 3.63) is 41.6 Å². The first-order valence-corrected chi connectivity index (χ1v) is 7.99. The van der Waals surface area contributed by atoms with Crippen LogP contribution >= 0.6 is 0 Å². The lowest BCUT2D eigenvalue weighted by Gasteiger charge is -2.45. The van der Waals surface area contributed by atoms with Crippen LogP contribution in [0, 0.1) is 6.92 Å². The molecule has 2 aliphatic rings. The summed E-state index contributed by atoms with van der Waals surface area (Å²) in [6.45, 7) is 2.01. The molecule has 0 spiro atoms. The minimum atomic E-state index is -0.680. The van der Waals surface area contributed by atoms with Gasteiger partial charge in [0.2, 0.25) is 0 Å². The van der Waals surface area contributed by atoms with Crippen molar-refractivity contribution in [2.75, 3.05) is 0 Å². The van der Waals surface area contributed by atoms with Crippen LogP contribution in [0.3, 0.4) is 0 Å². The Morgan fingerprint density at radius 3 is 2.67 bits per heavy atom. The first-order valence-electron chi connectivity index (χ1n) is 7.99. The van der Waals surface area contributed by atoms with Gasteiger partial charge >= 0.3 is 0 Å². The molecule has 3 heterocycles. The zero-order chi connectivity index (χ0) is 14.4. The van der Waals surface area contributed by atoms with Crippen LogP contribution in [0.25, 0.3) is 10.9 Å². The fraction of sp³-hybridized carbons (Fsp3) is 0.500. The van der Waals surface area contributed by atoms with E-state index >= 15 is 0 Å². The van der Waals surface area contributed by atoms with Gasteiger partial charge in [0.15, 0.2) is 0 Å². The first kappa shape index (κ1) is 13.2. The van der Waals surface area contributed by atoms with Gasteiger partial charge in [0.05, 0.1) is 11.1 Å². The highest BCUT2D eigenvalue weighted by molar-refractivity contribution is 5.79. The summed E-state index contributed by atoms with van der Waals surface area (Å²) < 4.78 is 0. The van der Waals surface area contributed by atoms with Crippen molar-refractivity contribution >= 4 is 10.9 Å². The van der Waals surface area contributed by atoms with Gasteiger partial charge in [-0.2, -0.15) is 0 Å². The second kappa shape index (κ2) is 4.79. The van der Waals surface area contributed by atoms with Crippen molar-refractivity contribution in [1.82, 2.24) is 10.3 Å². The number of fused-ring (bicyclic) bond motifs is 3. The Morgan fingerprint density at radius 2 is 1.90 bits per heavy atom. The van der Waals surface area contributed by atoms with E-state index in [4.69, 9.17) is 0 Å². The smallest absolute Gasteiger partial charge is 0.0926 e. The van der Waals surface area contributed by atoms with E-state index in [1.807, 2.05) is 19.1 Å². The molecule has 0 aliphatic carbocycles. The number of piperidine rings is 2. The number of pyridine rings is 1. The fourth-order valence-corrected chi connectivity index (χ4v) is 4.08. The predicted octanol–water partition coefficient (Wildman–Crippen LogP) is 3.04. The summed E-state index contributed by atoms with van der Waals surface area (Å²) in [6, 6.07) is 11.3. The van der Waals surface area contributed by atoms with Gasteiger partial charge in [-0.05, 0) is 56.4 Å². The summed E-state index contributed by atoms with van der Waals surface area (Å²) >= 11 is 0. The molecule has 0 radical (unpaired) electrons. The Morgan fingerprint density at radius 1 is 1.14 bits per heavy atom. The minimum Gasteiger partial charge on any atom is -0.385 e.